The van der Waals surface area contributed by atoms with Crippen LogP contribution >= 0.6 is 7.60 Å². The smallest absolute Gasteiger partial charge is 0.471 e. The minimum atomic E-state index is -4.96. The van der Waals surface area contributed by atoms with Crippen molar-refractivity contribution in [3.8, 4) is 11.5 Å². The van der Waals surface area contributed by atoms with Crippen LogP contribution in [0.15, 0.2) is 101 Å². The molecule has 0 radical (unpaired) electrons. The van der Waals surface area contributed by atoms with Crippen molar-refractivity contribution in [1.29, 1.82) is 0 Å². The Labute approximate surface area is 345 Å². The van der Waals surface area contributed by atoms with Gasteiger partial charge in [-0.3, -0.25) is 23.3 Å². The van der Waals surface area contributed by atoms with Gasteiger partial charge in [0, 0.05) is 38.4 Å². The molecule has 4 aromatic rings. The van der Waals surface area contributed by atoms with E-state index in [1.54, 1.807) is 14.2 Å². The second-order valence-corrected chi connectivity index (χ2v) is 16.0. The first-order valence-electron chi connectivity index (χ1n) is 19.3. The number of alkyl halides is 3. The third kappa shape index (κ3) is 11.5. The van der Waals surface area contributed by atoms with E-state index >= 15 is 0 Å². The summed E-state index contributed by atoms with van der Waals surface area (Å²) in [7, 11) is -0.640. The maximum absolute atomic E-state index is 13.9. The van der Waals surface area contributed by atoms with Crippen molar-refractivity contribution in [3.63, 3.8) is 0 Å². The largest absolute Gasteiger partial charge is 0.497 e. The molecular formula is C42H48F3N4O10P. The Balaban J connectivity index is 1.43. The molecule has 14 nitrogen and oxygen atoms in total. The summed E-state index contributed by atoms with van der Waals surface area (Å²) >= 11 is 0. The summed E-state index contributed by atoms with van der Waals surface area (Å²) in [4.78, 5) is 41.0. The molecule has 0 aliphatic carbocycles. The monoisotopic (exact) mass is 856 g/mol. The van der Waals surface area contributed by atoms with Gasteiger partial charge in [-0.05, 0) is 53.8 Å². The highest BCUT2D eigenvalue weighted by atomic mass is 31.2. The highest BCUT2D eigenvalue weighted by Crippen LogP contribution is 2.49. The number of ether oxygens (including phenoxy) is 4. The van der Waals surface area contributed by atoms with Gasteiger partial charge in [0.15, 0.2) is 0 Å². The molecule has 0 spiro atoms. The predicted molar refractivity (Wildman–Crippen MR) is 215 cm³/mol. The van der Waals surface area contributed by atoms with Crippen LogP contribution in [0.2, 0.25) is 0 Å². The zero-order valence-electron chi connectivity index (χ0n) is 33.5. The van der Waals surface area contributed by atoms with Gasteiger partial charge < -0.3 is 38.2 Å². The van der Waals surface area contributed by atoms with Gasteiger partial charge >= 0.3 is 25.4 Å². The highest BCUT2D eigenvalue weighted by Gasteiger charge is 2.45. The van der Waals surface area contributed by atoms with Crippen molar-refractivity contribution in [1.82, 2.24) is 14.5 Å². The second kappa shape index (κ2) is 20.8. The molecule has 18 heteroatoms. The van der Waals surface area contributed by atoms with E-state index in [0.29, 0.717) is 30.8 Å². The topological polar surface area (TPSA) is 150 Å². The first kappa shape index (κ1) is 45.8. The van der Waals surface area contributed by atoms with E-state index in [4.69, 9.17) is 34.6 Å². The van der Waals surface area contributed by atoms with E-state index < -0.39 is 55.0 Å². The molecule has 2 unspecified atom stereocenters. The lowest BCUT2D eigenvalue weighted by atomic mass is 9.80. The number of rotatable bonds is 21. The molecule has 1 amide bonds. The maximum Gasteiger partial charge on any atom is 0.471 e. The molecule has 2 heterocycles. The first-order valence-corrected chi connectivity index (χ1v) is 21.3. The fraction of sp³-hybridized carbons (Fsp3) is 0.429. The van der Waals surface area contributed by atoms with E-state index in [1.807, 2.05) is 84.2 Å². The number of carbonyl (C=O) groups is 1. The molecule has 4 atom stereocenters. The third-order valence-corrected chi connectivity index (χ3v) is 11.2. The number of nitrogens with zero attached hydrogens (tertiary/aromatic N) is 3. The van der Waals surface area contributed by atoms with Gasteiger partial charge in [0.2, 0.25) is 6.54 Å². The number of aromatic nitrogens is 2. The summed E-state index contributed by atoms with van der Waals surface area (Å²) in [5.74, 6) is -0.748. The van der Waals surface area contributed by atoms with Crippen LogP contribution in [-0.4, -0.2) is 80.6 Å². The molecule has 1 N–H and O–H groups in total. The minimum absolute atomic E-state index is 0.00318. The fourth-order valence-electron chi connectivity index (χ4n) is 6.95. The zero-order chi connectivity index (χ0) is 43.3. The number of hydrogen-bond donors (Lipinski definition) is 1. The van der Waals surface area contributed by atoms with Crippen molar-refractivity contribution < 1.29 is 50.5 Å². The molecule has 0 bridgehead atoms. The Morgan fingerprint density at radius 1 is 0.900 bits per heavy atom. The number of methoxy groups -OCH3 is 2. The molecular weight excluding hydrogens is 808 g/mol. The molecule has 1 fully saturated rings. The fourth-order valence-corrected chi connectivity index (χ4v) is 8.14. The van der Waals surface area contributed by atoms with Crippen LogP contribution in [0.5, 0.6) is 11.5 Å². The number of hydrogen-bond acceptors (Lipinski definition) is 10. The molecule has 1 aliphatic heterocycles. The summed E-state index contributed by atoms with van der Waals surface area (Å²) in [5.41, 5.74) is -0.243. The summed E-state index contributed by atoms with van der Waals surface area (Å²) in [6, 6.07) is 25.6. The summed E-state index contributed by atoms with van der Waals surface area (Å²) in [6.45, 7) is 7.91. The Morgan fingerprint density at radius 2 is 1.50 bits per heavy atom. The van der Waals surface area contributed by atoms with Gasteiger partial charge in [-0.25, -0.2) is 11.4 Å². The Kier molecular flexibility index (Phi) is 15.9. The average Bonchev–Trinajstić information content (AvgIpc) is 3.62. The van der Waals surface area contributed by atoms with Crippen molar-refractivity contribution in [2.45, 2.75) is 68.9 Å². The molecule has 1 saturated heterocycles. The quantitative estimate of drug-likeness (QED) is 0.0415. The van der Waals surface area contributed by atoms with Gasteiger partial charge in [-0.2, -0.15) is 13.2 Å². The Hall–Kier alpha value is -5.24. The number of carbonyl (C=O) groups excluding carboxylic acids is 1. The average molecular weight is 857 g/mol. The minimum Gasteiger partial charge on any atom is -0.497 e. The van der Waals surface area contributed by atoms with Gasteiger partial charge in [0.05, 0.1) is 26.9 Å². The second-order valence-electron chi connectivity index (χ2n) is 14.0. The van der Waals surface area contributed by atoms with Crippen molar-refractivity contribution in [3.05, 3.63) is 140 Å². The number of unbranched alkanes of at least 4 members (excludes halogenated alkanes) is 3. The first-order chi connectivity index (χ1) is 28.7. The predicted octanol–water partition coefficient (Wildman–Crippen LogP) is 6.71. The molecule has 0 saturated carbocycles. The highest BCUT2D eigenvalue weighted by molar-refractivity contribution is 7.53. The number of halogens is 3. The Morgan fingerprint density at radius 3 is 2.08 bits per heavy atom. The maximum atomic E-state index is 13.9. The lowest BCUT2D eigenvalue weighted by Crippen LogP contribution is -2.40. The van der Waals surface area contributed by atoms with E-state index in [0.717, 1.165) is 21.3 Å². The van der Waals surface area contributed by atoms with E-state index in [2.05, 4.69) is 4.85 Å². The van der Waals surface area contributed by atoms with Crippen LogP contribution in [0.1, 0.15) is 55.0 Å². The van der Waals surface area contributed by atoms with Gasteiger partial charge in [-0.1, -0.05) is 67.4 Å². The molecule has 5 rings (SSSR count). The van der Waals surface area contributed by atoms with Crippen LogP contribution in [-0.2, 0) is 40.0 Å². The standard InChI is InChI=1S/C42H48F3N4O10P/c1-46-24-27-57-60(4,53)59-35-28-38(49-26-22-37(50)48(40(49)52)25-11-6-5-10-23-47-39(51)42(43,44)45)58-36(35)29-56-41(30-12-8-7-9-13-30,31-14-18-33(54-2)19-15-31)32-16-20-34(55-3)21-17-32/h7-9,12-22,26,35-36,38H,5-6,10-11,23-25,27-29H2,2-4H3,(H,47,51)/t35?,36-,38-,60?/m1/s1. The molecule has 60 heavy (non-hydrogen) atoms. The molecule has 1 aliphatic rings. The van der Waals surface area contributed by atoms with Crippen molar-refractivity contribution in [2.75, 3.05) is 47.2 Å². The van der Waals surface area contributed by atoms with Crippen LogP contribution < -0.4 is 26.0 Å². The van der Waals surface area contributed by atoms with Gasteiger partial charge in [-0.15, -0.1) is 0 Å². The lowest BCUT2D eigenvalue weighted by Gasteiger charge is -2.37. The van der Waals surface area contributed by atoms with Crippen LogP contribution in [0.3, 0.4) is 0 Å². The lowest BCUT2D eigenvalue weighted by molar-refractivity contribution is -0.173. The summed E-state index contributed by atoms with van der Waals surface area (Å²) in [5, 5.41) is 1.82. The van der Waals surface area contributed by atoms with Gasteiger partial charge in [0.1, 0.15) is 36.0 Å². The zero-order valence-corrected chi connectivity index (χ0v) is 34.4. The summed E-state index contributed by atoms with van der Waals surface area (Å²) < 4.78 is 89.4. The van der Waals surface area contributed by atoms with Crippen molar-refractivity contribution in [2.24, 2.45) is 0 Å². The van der Waals surface area contributed by atoms with E-state index in [9.17, 15) is 32.1 Å². The van der Waals surface area contributed by atoms with E-state index in [-0.39, 0.29) is 45.7 Å². The van der Waals surface area contributed by atoms with Crippen LogP contribution in [0, 0.1) is 6.57 Å². The van der Waals surface area contributed by atoms with E-state index in [1.165, 1.54) is 23.5 Å². The summed E-state index contributed by atoms with van der Waals surface area (Å²) in [6.07, 6.45) is -4.98. The van der Waals surface area contributed by atoms with Crippen LogP contribution in [0.4, 0.5) is 13.2 Å². The molecule has 322 valence electrons. The molecule has 1 aromatic heterocycles. The van der Waals surface area contributed by atoms with Crippen LogP contribution in [0.25, 0.3) is 4.85 Å². The number of nitrogens with one attached hydrogen (secondary N) is 1. The normalized spacial score (nSPS) is 17.7. The third-order valence-electron chi connectivity index (χ3n) is 9.93. The molecule has 3 aromatic carbocycles. The SMILES string of the molecule is [C-]#[N+]CCOP(C)(=O)OC1C[C@H](n2ccc(=O)n(CCCCCCNC(=O)C(F)(F)F)c2=O)O[C@@H]1COC(c1ccccc1)(c1ccc(OC)cc1)c1ccc(OC)cc1. The van der Waals surface area contributed by atoms with Gasteiger partial charge in [0.25, 0.3) is 5.56 Å². The Bertz CT molecular complexity index is 2180. The number of benzene rings is 3. The van der Waals surface area contributed by atoms with Crippen molar-refractivity contribution >= 4 is 13.5 Å². The number of amides is 1.